The van der Waals surface area contributed by atoms with Gasteiger partial charge >= 0.3 is 18.0 Å². The molecule has 0 unspecified atom stereocenters. The standard InChI is InChI=1S/C41H34FN3O6S/c1-4-41(51-21(3)46)30-15-34-37-27(17-45(34)38(52)29(30)19-49-39(41)47)36-32(14-13-22-20(2)31(42)16-33(43-37)35(22)36)44-40(48)50-18-28-25-11-7-5-9-23(25)24-10-6-8-12-26(24)28/h5-12,15-16,28,32H,4,13-14,17-19H2,1-3H3,(H,44,48)/t32-,41-/m0/s1. The lowest BCUT2D eigenvalue weighted by Crippen LogP contribution is -2.45. The Bertz CT molecular complexity index is 2450. The van der Waals surface area contributed by atoms with Gasteiger partial charge in [0, 0.05) is 41.0 Å². The lowest BCUT2D eigenvalue weighted by molar-refractivity contribution is -0.188. The number of alkyl carbamates (subject to hydrolysis) is 1. The van der Waals surface area contributed by atoms with Crippen molar-refractivity contribution in [1.29, 1.82) is 0 Å². The Morgan fingerprint density at radius 2 is 1.79 bits per heavy atom. The zero-order chi connectivity index (χ0) is 36.1. The van der Waals surface area contributed by atoms with Crippen LogP contribution in [0.5, 0.6) is 0 Å². The van der Waals surface area contributed by atoms with E-state index in [4.69, 9.17) is 31.4 Å². The number of halogens is 1. The number of benzene rings is 3. The first kappa shape index (κ1) is 32.5. The monoisotopic (exact) mass is 715 g/mol. The van der Waals surface area contributed by atoms with E-state index in [0.717, 1.165) is 44.3 Å². The van der Waals surface area contributed by atoms with Crippen molar-refractivity contribution >= 4 is 41.2 Å². The minimum Gasteiger partial charge on any atom is -0.457 e. The Morgan fingerprint density at radius 3 is 2.48 bits per heavy atom. The van der Waals surface area contributed by atoms with Gasteiger partial charge < -0.3 is 24.1 Å². The van der Waals surface area contributed by atoms with Crippen LogP contribution in [0, 0.1) is 17.4 Å². The fourth-order valence-corrected chi connectivity index (χ4v) is 9.22. The van der Waals surface area contributed by atoms with E-state index in [0.29, 0.717) is 57.6 Å². The zero-order valence-corrected chi connectivity index (χ0v) is 29.6. The molecule has 9 rings (SSSR count). The Morgan fingerprint density at radius 1 is 1.08 bits per heavy atom. The molecule has 0 spiro atoms. The maximum Gasteiger partial charge on any atom is 0.407 e. The number of fused-ring (bicyclic) bond motifs is 8. The van der Waals surface area contributed by atoms with E-state index in [1.165, 1.54) is 13.0 Å². The number of pyridine rings is 2. The highest BCUT2D eigenvalue weighted by atomic mass is 32.1. The van der Waals surface area contributed by atoms with E-state index in [1.807, 2.05) is 28.8 Å². The molecule has 11 heteroatoms. The second kappa shape index (κ2) is 11.8. The summed E-state index contributed by atoms with van der Waals surface area (Å²) in [6.07, 6.45) is 0.669. The third-order valence-electron chi connectivity index (χ3n) is 11.3. The van der Waals surface area contributed by atoms with Crippen molar-refractivity contribution in [3.63, 3.8) is 0 Å². The Kier molecular flexibility index (Phi) is 7.38. The Balaban J connectivity index is 1.12. The molecular formula is C41H34FN3O6S. The van der Waals surface area contributed by atoms with Crippen LogP contribution in [0.2, 0.25) is 0 Å². The Labute approximate surface area is 303 Å². The summed E-state index contributed by atoms with van der Waals surface area (Å²) in [7, 11) is 0. The van der Waals surface area contributed by atoms with Crippen LogP contribution in [0.1, 0.15) is 83.2 Å². The SMILES string of the molecule is CC[C@@]1(OC(C)=O)C(=O)OCc2c1cc1n(c2=S)Cc2c-1nc1cc(F)c(C)c3c1c2[C@@H](NC(=O)OCC1c2ccccc2-c2ccccc21)CC3. The smallest absolute Gasteiger partial charge is 0.407 e. The van der Waals surface area contributed by atoms with Gasteiger partial charge in [0.25, 0.3) is 0 Å². The third kappa shape index (κ3) is 4.61. The number of ether oxygens (including phenoxy) is 3. The van der Waals surface area contributed by atoms with Crippen molar-refractivity contribution < 1.29 is 33.0 Å². The van der Waals surface area contributed by atoms with Crippen molar-refractivity contribution in [2.45, 2.75) is 70.7 Å². The molecule has 1 N–H and O–H groups in total. The van der Waals surface area contributed by atoms with Gasteiger partial charge in [-0.25, -0.2) is 19.0 Å². The Hall–Kier alpha value is -5.42. The van der Waals surface area contributed by atoms with Crippen LogP contribution in [0.4, 0.5) is 9.18 Å². The number of aromatic nitrogens is 2. The first-order valence-electron chi connectivity index (χ1n) is 17.5. The van der Waals surface area contributed by atoms with Gasteiger partial charge in [0.15, 0.2) is 0 Å². The van der Waals surface area contributed by atoms with Gasteiger partial charge in [-0.2, -0.15) is 0 Å². The number of hydrogen-bond acceptors (Lipinski definition) is 8. The summed E-state index contributed by atoms with van der Waals surface area (Å²) in [5, 5.41) is 3.98. The number of cyclic esters (lactones) is 1. The van der Waals surface area contributed by atoms with E-state index in [-0.39, 0.29) is 31.4 Å². The number of rotatable bonds is 5. The third-order valence-corrected chi connectivity index (χ3v) is 11.8. The highest BCUT2D eigenvalue weighted by Gasteiger charge is 2.50. The quantitative estimate of drug-likeness (QED) is 0.109. The molecule has 1 amide bonds. The lowest BCUT2D eigenvalue weighted by atomic mass is 9.81. The molecule has 0 bridgehead atoms. The lowest BCUT2D eigenvalue weighted by Gasteiger charge is -2.35. The molecule has 4 heterocycles. The maximum absolute atomic E-state index is 15.4. The fraction of sp³-hybridized carbons (Fsp3) is 0.293. The van der Waals surface area contributed by atoms with E-state index in [2.05, 4.69) is 29.6 Å². The highest BCUT2D eigenvalue weighted by molar-refractivity contribution is 7.71. The summed E-state index contributed by atoms with van der Waals surface area (Å²) in [5.41, 5.74) is 8.69. The van der Waals surface area contributed by atoms with E-state index >= 15 is 4.39 Å². The number of hydrogen-bond donors (Lipinski definition) is 1. The molecule has 2 aromatic heterocycles. The number of carbonyl (C=O) groups is 3. The summed E-state index contributed by atoms with van der Waals surface area (Å²) in [6.45, 7) is 5.23. The second-order valence-corrected chi connectivity index (χ2v) is 14.3. The molecule has 262 valence electrons. The van der Waals surface area contributed by atoms with E-state index in [1.54, 1.807) is 19.9 Å². The van der Waals surface area contributed by atoms with Crippen molar-refractivity contribution in [2.24, 2.45) is 0 Å². The molecule has 2 aliphatic heterocycles. The van der Waals surface area contributed by atoms with Gasteiger partial charge in [-0.15, -0.1) is 0 Å². The van der Waals surface area contributed by atoms with Crippen molar-refractivity contribution in [2.75, 3.05) is 6.61 Å². The number of nitrogens with one attached hydrogen (secondary N) is 1. The van der Waals surface area contributed by atoms with E-state index < -0.39 is 29.7 Å². The molecule has 0 fully saturated rings. The van der Waals surface area contributed by atoms with Crippen molar-refractivity contribution in [1.82, 2.24) is 14.9 Å². The number of aryl methyl sites for hydroxylation is 1. The number of carbonyl (C=O) groups excluding carboxylic acids is 3. The molecule has 5 aromatic rings. The molecule has 2 atom stereocenters. The van der Waals surface area contributed by atoms with Crippen molar-refractivity contribution in [3.05, 3.63) is 116 Å². The van der Waals surface area contributed by atoms with E-state index in [9.17, 15) is 14.4 Å². The molecular weight excluding hydrogens is 682 g/mol. The number of nitrogens with zero attached hydrogens (tertiary/aromatic N) is 2. The minimum absolute atomic E-state index is 0.0601. The van der Waals surface area contributed by atoms with Gasteiger partial charge in [-0.05, 0) is 71.2 Å². The topological polar surface area (TPSA) is 109 Å². The predicted molar refractivity (Wildman–Crippen MR) is 193 cm³/mol. The molecule has 0 saturated carbocycles. The van der Waals surface area contributed by atoms with Crippen LogP contribution < -0.4 is 5.32 Å². The minimum atomic E-state index is -1.67. The average molecular weight is 716 g/mol. The first-order chi connectivity index (χ1) is 25.1. The summed E-state index contributed by atoms with van der Waals surface area (Å²) in [4.78, 5) is 44.2. The number of amides is 1. The zero-order valence-electron chi connectivity index (χ0n) is 28.8. The molecule has 52 heavy (non-hydrogen) atoms. The van der Waals surface area contributed by atoms with Crippen LogP contribution in [0.25, 0.3) is 33.4 Å². The van der Waals surface area contributed by atoms with Crippen LogP contribution >= 0.6 is 12.2 Å². The van der Waals surface area contributed by atoms with Crippen molar-refractivity contribution in [3.8, 4) is 22.5 Å². The summed E-state index contributed by atoms with van der Waals surface area (Å²) >= 11 is 6.02. The molecule has 0 radical (unpaired) electrons. The van der Waals surface area contributed by atoms with Crippen LogP contribution in [0.3, 0.4) is 0 Å². The molecule has 2 aliphatic carbocycles. The number of esters is 2. The van der Waals surface area contributed by atoms with Gasteiger partial charge in [-0.3, -0.25) is 4.79 Å². The van der Waals surface area contributed by atoms with Gasteiger partial charge in [0.1, 0.15) is 23.7 Å². The molecule has 3 aromatic carbocycles. The molecule has 4 aliphatic rings. The average Bonchev–Trinajstić information content (AvgIpc) is 3.67. The summed E-state index contributed by atoms with van der Waals surface area (Å²) < 4.78 is 35.0. The second-order valence-electron chi connectivity index (χ2n) is 13.9. The summed E-state index contributed by atoms with van der Waals surface area (Å²) in [5.74, 6) is -1.73. The van der Waals surface area contributed by atoms with Gasteiger partial charge in [0.2, 0.25) is 5.60 Å². The predicted octanol–water partition coefficient (Wildman–Crippen LogP) is 7.99. The maximum atomic E-state index is 15.4. The van der Waals surface area contributed by atoms with Gasteiger partial charge in [-0.1, -0.05) is 67.7 Å². The molecule has 0 saturated heterocycles. The fourth-order valence-electron chi connectivity index (χ4n) is 8.88. The molecule has 9 nitrogen and oxygen atoms in total. The summed E-state index contributed by atoms with van der Waals surface area (Å²) in [6, 6.07) is 19.2. The van der Waals surface area contributed by atoms with Crippen LogP contribution in [-0.2, 0) is 49.0 Å². The van der Waals surface area contributed by atoms with Gasteiger partial charge in [0.05, 0.1) is 29.5 Å². The first-order valence-corrected chi connectivity index (χ1v) is 17.9. The van der Waals surface area contributed by atoms with Crippen LogP contribution in [0.15, 0.2) is 60.7 Å². The van der Waals surface area contributed by atoms with Crippen LogP contribution in [-0.4, -0.2) is 34.2 Å². The normalized spacial score (nSPS) is 19.2. The highest BCUT2D eigenvalue weighted by Crippen LogP contribution is 2.48. The largest absolute Gasteiger partial charge is 0.457 e.